The van der Waals surface area contributed by atoms with E-state index in [9.17, 15) is 0 Å². The molecule has 0 saturated carbocycles. The average molecular weight is 325 g/mol. The van der Waals surface area contributed by atoms with Crippen LogP contribution in [0.5, 0.6) is 17.4 Å². The molecule has 23 heavy (non-hydrogen) atoms. The number of anilines is 1. The van der Waals surface area contributed by atoms with Crippen LogP contribution in [0.1, 0.15) is 0 Å². The highest BCUT2D eigenvalue weighted by atomic mass is 32.2. The Bertz CT molecular complexity index is 780. The number of hydrogen-bond acceptors (Lipinski definition) is 6. The lowest BCUT2D eigenvalue weighted by Crippen LogP contribution is -1.99. The fraction of sp³-hybridized carbons (Fsp3) is 0.0588. The van der Waals surface area contributed by atoms with Gasteiger partial charge in [0.15, 0.2) is 0 Å². The third-order valence-electron chi connectivity index (χ3n) is 3.04. The molecule has 0 radical (unpaired) electrons. The predicted octanol–water partition coefficient (Wildman–Crippen LogP) is 4.01. The number of nitrogen functional groups attached to an aromatic ring is 1. The molecule has 0 aliphatic carbocycles. The van der Waals surface area contributed by atoms with Gasteiger partial charge < -0.3 is 15.2 Å². The van der Waals surface area contributed by atoms with E-state index in [0.29, 0.717) is 22.3 Å². The van der Waals surface area contributed by atoms with Gasteiger partial charge in [-0.1, -0.05) is 30.0 Å². The van der Waals surface area contributed by atoms with Crippen LogP contribution in [0, 0.1) is 0 Å². The molecule has 3 rings (SSSR count). The van der Waals surface area contributed by atoms with E-state index in [0.717, 1.165) is 10.6 Å². The first-order chi connectivity index (χ1) is 11.3. The lowest BCUT2D eigenvalue weighted by Gasteiger charge is -2.10. The predicted molar refractivity (Wildman–Crippen MR) is 90.1 cm³/mol. The van der Waals surface area contributed by atoms with Gasteiger partial charge >= 0.3 is 0 Å². The number of nitrogens with two attached hydrogens (primary N) is 1. The van der Waals surface area contributed by atoms with Gasteiger partial charge in [-0.05, 0) is 36.4 Å². The van der Waals surface area contributed by atoms with E-state index in [-0.39, 0.29) is 0 Å². The van der Waals surface area contributed by atoms with Crippen LogP contribution < -0.4 is 15.2 Å². The summed E-state index contributed by atoms with van der Waals surface area (Å²) < 4.78 is 10.9. The van der Waals surface area contributed by atoms with E-state index in [1.54, 1.807) is 19.2 Å². The molecule has 0 spiro atoms. The molecule has 0 amide bonds. The summed E-state index contributed by atoms with van der Waals surface area (Å²) in [5.74, 6) is 1.73. The summed E-state index contributed by atoms with van der Waals surface area (Å²) in [6, 6.07) is 17.1. The van der Waals surface area contributed by atoms with Crippen LogP contribution in [-0.4, -0.2) is 17.1 Å². The van der Waals surface area contributed by atoms with Crippen molar-refractivity contribution in [2.75, 3.05) is 12.8 Å². The molecule has 2 N–H and O–H groups in total. The number of hydrogen-bond donors (Lipinski definition) is 1. The first-order valence-corrected chi connectivity index (χ1v) is 7.73. The van der Waals surface area contributed by atoms with Crippen LogP contribution in [0.25, 0.3) is 0 Å². The lowest BCUT2D eigenvalue weighted by atomic mass is 10.3. The Balaban J connectivity index is 1.81. The van der Waals surface area contributed by atoms with Gasteiger partial charge in [-0.15, -0.1) is 0 Å². The topological polar surface area (TPSA) is 70.3 Å². The maximum absolute atomic E-state index is 6.14. The highest BCUT2D eigenvalue weighted by Gasteiger charge is 2.11. The maximum atomic E-state index is 6.14. The van der Waals surface area contributed by atoms with Gasteiger partial charge in [-0.25, -0.2) is 4.98 Å². The molecule has 6 heteroatoms. The minimum absolute atomic E-state index is 0.337. The second-order valence-electron chi connectivity index (χ2n) is 4.59. The summed E-state index contributed by atoms with van der Waals surface area (Å²) in [7, 11) is 1.62. The largest absolute Gasteiger partial charge is 0.497 e. The van der Waals surface area contributed by atoms with Crippen molar-refractivity contribution in [2.45, 2.75) is 9.92 Å². The summed E-state index contributed by atoms with van der Waals surface area (Å²) >= 11 is 1.47. The van der Waals surface area contributed by atoms with Crippen molar-refractivity contribution < 1.29 is 9.47 Å². The van der Waals surface area contributed by atoms with Crippen LogP contribution in [0.15, 0.2) is 70.8 Å². The fourth-order valence-corrected chi connectivity index (χ4v) is 2.70. The number of benzene rings is 2. The Hall–Kier alpha value is -2.73. The second kappa shape index (κ2) is 7.02. The smallest absolute Gasteiger partial charge is 0.247 e. The SMILES string of the molecule is COc1ccc(Oc2ncnc(Sc3ccccc3)c2N)cc1. The van der Waals surface area contributed by atoms with Crippen LogP contribution in [0.3, 0.4) is 0 Å². The van der Waals surface area contributed by atoms with E-state index in [1.807, 2.05) is 42.5 Å². The van der Waals surface area contributed by atoms with E-state index in [2.05, 4.69) is 9.97 Å². The van der Waals surface area contributed by atoms with Crippen molar-refractivity contribution in [2.24, 2.45) is 0 Å². The summed E-state index contributed by atoms with van der Waals surface area (Å²) in [5, 5.41) is 0.662. The van der Waals surface area contributed by atoms with Gasteiger partial charge in [-0.3, -0.25) is 0 Å². The van der Waals surface area contributed by atoms with Crippen LogP contribution in [-0.2, 0) is 0 Å². The standard InChI is InChI=1S/C17H15N3O2S/c1-21-12-7-9-13(10-8-12)22-16-15(18)17(20-11-19-16)23-14-5-3-2-4-6-14/h2-11H,18H2,1H3. The summed E-state index contributed by atoms with van der Waals surface area (Å²) in [5.41, 5.74) is 6.55. The number of aromatic nitrogens is 2. The maximum Gasteiger partial charge on any atom is 0.247 e. The second-order valence-corrected chi connectivity index (χ2v) is 5.65. The zero-order chi connectivity index (χ0) is 16.1. The van der Waals surface area contributed by atoms with E-state index >= 15 is 0 Å². The van der Waals surface area contributed by atoms with Crippen molar-refractivity contribution in [3.8, 4) is 17.4 Å². The average Bonchev–Trinajstić information content (AvgIpc) is 2.60. The monoisotopic (exact) mass is 325 g/mol. The molecule has 3 aromatic rings. The third kappa shape index (κ3) is 3.73. The Morgan fingerprint density at radius 1 is 0.913 bits per heavy atom. The van der Waals surface area contributed by atoms with Crippen LogP contribution >= 0.6 is 11.8 Å². The third-order valence-corrected chi connectivity index (χ3v) is 4.07. The van der Waals surface area contributed by atoms with Crippen molar-refractivity contribution in [3.05, 3.63) is 60.9 Å². The molecule has 5 nitrogen and oxygen atoms in total. The molecule has 0 bridgehead atoms. The zero-order valence-corrected chi connectivity index (χ0v) is 13.3. The minimum atomic E-state index is 0.337. The van der Waals surface area contributed by atoms with Crippen molar-refractivity contribution in [1.82, 2.24) is 9.97 Å². The fourth-order valence-electron chi connectivity index (χ4n) is 1.88. The molecule has 0 unspecified atom stereocenters. The molecule has 0 aliphatic rings. The van der Waals surface area contributed by atoms with Crippen molar-refractivity contribution in [1.29, 1.82) is 0 Å². The Morgan fingerprint density at radius 3 is 2.30 bits per heavy atom. The van der Waals surface area contributed by atoms with Gasteiger partial charge in [0, 0.05) is 4.90 Å². The van der Waals surface area contributed by atoms with Crippen LogP contribution in [0.2, 0.25) is 0 Å². The molecule has 0 saturated heterocycles. The molecule has 2 aromatic carbocycles. The van der Waals surface area contributed by atoms with Gasteiger partial charge in [-0.2, -0.15) is 4.98 Å². The molecule has 0 atom stereocenters. The van der Waals surface area contributed by atoms with E-state index in [1.165, 1.54) is 18.1 Å². The Labute approximate surface area is 138 Å². The van der Waals surface area contributed by atoms with Gasteiger partial charge in [0.25, 0.3) is 0 Å². The Morgan fingerprint density at radius 2 is 1.61 bits per heavy atom. The van der Waals surface area contributed by atoms with Gasteiger partial charge in [0.05, 0.1) is 7.11 Å². The normalized spacial score (nSPS) is 10.3. The first kappa shape index (κ1) is 15.2. The molecule has 0 fully saturated rings. The molecule has 0 aliphatic heterocycles. The minimum Gasteiger partial charge on any atom is -0.497 e. The number of rotatable bonds is 5. The molecular formula is C17H15N3O2S. The van der Waals surface area contributed by atoms with Crippen LogP contribution in [0.4, 0.5) is 5.69 Å². The van der Waals surface area contributed by atoms with Gasteiger partial charge in [0.1, 0.15) is 28.5 Å². The van der Waals surface area contributed by atoms with Crippen molar-refractivity contribution in [3.63, 3.8) is 0 Å². The zero-order valence-electron chi connectivity index (χ0n) is 12.5. The van der Waals surface area contributed by atoms with Crippen molar-refractivity contribution >= 4 is 17.4 Å². The molecule has 116 valence electrons. The lowest BCUT2D eigenvalue weighted by molar-refractivity contribution is 0.412. The number of ether oxygens (including phenoxy) is 2. The quantitative estimate of drug-likeness (QED) is 0.715. The Kier molecular flexibility index (Phi) is 4.63. The summed E-state index contributed by atoms with van der Waals surface area (Å²) in [4.78, 5) is 9.39. The van der Waals surface area contributed by atoms with E-state index < -0.39 is 0 Å². The van der Waals surface area contributed by atoms with Gasteiger partial charge in [0.2, 0.25) is 5.88 Å². The highest BCUT2D eigenvalue weighted by molar-refractivity contribution is 7.99. The van der Waals surface area contributed by atoms with E-state index in [4.69, 9.17) is 15.2 Å². The molecular weight excluding hydrogens is 310 g/mol. The molecule has 1 aromatic heterocycles. The summed E-state index contributed by atoms with van der Waals surface area (Å²) in [6.45, 7) is 0. The first-order valence-electron chi connectivity index (χ1n) is 6.91. The number of nitrogens with zero attached hydrogens (tertiary/aromatic N) is 2. The molecule has 1 heterocycles. The summed E-state index contributed by atoms with van der Waals surface area (Å²) in [6.07, 6.45) is 1.44. The highest BCUT2D eigenvalue weighted by Crippen LogP contribution is 2.35. The number of methoxy groups -OCH3 is 1.